The zero-order chi connectivity index (χ0) is 25.4. The monoisotopic (exact) mass is 477 g/mol. The first-order valence-corrected chi connectivity index (χ1v) is 13.4. The molecule has 0 saturated carbocycles. The molecule has 1 unspecified atom stereocenters. The number of nitrogens with one attached hydrogen (secondary N) is 1. The van der Waals surface area contributed by atoms with Crippen LogP contribution in [0.2, 0.25) is 0 Å². The number of aryl methyl sites for hydroxylation is 1. The molecule has 1 atom stereocenters. The second-order valence-electron chi connectivity index (χ2n) is 9.97. The predicted octanol–water partition coefficient (Wildman–Crippen LogP) is 5.81. The van der Waals surface area contributed by atoms with Crippen LogP contribution in [0.1, 0.15) is 90.8 Å². The first-order chi connectivity index (χ1) is 16.9. The van der Waals surface area contributed by atoms with Gasteiger partial charge in [-0.05, 0) is 61.9 Å². The Bertz CT molecular complexity index is 984. The van der Waals surface area contributed by atoms with Crippen molar-refractivity contribution in [3.8, 4) is 0 Å². The van der Waals surface area contributed by atoms with Crippen LogP contribution in [0.3, 0.4) is 0 Å². The van der Waals surface area contributed by atoms with Crippen molar-refractivity contribution in [2.24, 2.45) is 5.92 Å². The molecule has 0 spiro atoms. The van der Waals surface area contributed by atoms with Crippen LogP contribution >= 0.6 is 0 Å². The van der Waals surface area contributed by atoms with Crippen molar-refractivity contribution < 1.29 is 9.59 Å². The molecule has 190 valence electrons. The summed E-state index contributed by atoms with van der Waals surface area (Å²) in [6, 6.07) is 14.5. The van der Waals surface area contributed by atoms with Crippen LogP contribution in [0.25, 0.3) is 0 Å². The number of piperidine rings is 1. The van der Waals surface area contributed by atoms with E-state index < -0.39 is 0 Å². The van der Waals surface area contributed by atoms with E-state index in [9.17, 15) is 9.59 Å². The van der Waals surface area contributed by atoms with Crippen molar-refractivity contribution in [1.82, 2.24) is 15.1 Å². The van der Waals surface area contributed by atoms with Gasteiger partial charge in [0.25, 0.3) is 11.8 Å². The first-order valence-electron chi connectivity index (χ1n) is 13.4. The van der Waals surface area contributed by atoms with E-state index in [0.717, 1.165) is 24.1 Å². The van der Waals surface area contributed by atoms with Crippen molar-refractivity contribution in [1.29, 1.82) is 0 Å². The number of hydrogen-bond acceptors (Lipinski definition) is 3. The Morgan fingerprint density at radius 3 is 2.54 bits per heavy atom. The second kappa shape index (κ2) is 12.9. The molecule has 2 heterocycles. The van der Waals surface area contributed by atoms with Gasteiger partial charge in [0, 0.05) is 43.3 Å². The molecule has 2 aliphatic heterocycles. The highest BCUT2D eigenvalue weighted by Crippen LogP contribution is 2.26. The van der Waals surface area contributed by atoms with Crippen molar-refractivity contribution in [2.45, 2.75) is 79.4 Å². The summed E-state index contributed by atoms with van der Waals surface area (Å²) in [4.78, 5) is 30.1. The van der Waals surface area contributed by atoms with E-state index in [-0.39, 0.29) is 11.8 Å². The lowest BCUT2D eigenvalue weighted by molar-refractivity contribution is 0.0766. The van der Waals surface area contributed by atoms with Crippen LogP contribution in [0.5, 0.6) is 0 Å². The van der Waals surface area contributed by atoms with E-state index in [1.807, 2.05) is 30.9 Å². The van der Waals surface area contributed by atoms with Crippen LogP contribution in [0, 0.1) is 12.8 Å². The second-order valence-corrected chi connectivity index (χ2v) is 9.97. The highest BCUT2D eigenvalue weighted by atomic mass is 16.2. The first kappa shape index (κ1) is 26.9. The van der Waals surface area contributed by atoms with Gasteiger partial charge >= 0.3 is 0 Å². The van der Waals surface area contributed by atoms with Gasteiger partial charge in [0.2, 0.25) is 0 Å². The van der Waals surface area contributed by atoms with E-state index >= 15 is 0 Å². The highest BCUT2D eigenvalue weighted by molar-refractivity contribution is 6.02. The van der Waals surface area contributed by atoms with Crippen molar-refractivity contribution in [2.75, 3.05) is 19.6 Å². The maximum atomic E-state index is 13.0. The number of amides is 2. The van der Waals surface area contributed by atoms with Crippen molar-refractivity contribution in [3.63, 3.8) is 0 Å². The Morgan fingerprint density at radius 1 is 1.09 bits per heavy atom. The van der Waals surface area contributed by atoms with Crippen LogP contribution < -0.4 is 5.32 Å². The number of fused-ring (bicyclic) bond motifs is 1. The fourth-order valence-electron chi connectivity index (χ4n) is 5.18. The fourth-order valence-corrected chi connectivity index (χ4v) is 5.18. The van der Waals surface area contributed by atoms with E-state index in [2.05, 4.69) is 55.3 Å². The molecule has 2 aromatic carbocycles. The van der Waals surface area contributed by atoms with Crippen LogP contribution in [0.4, 0.5) is 0 Å². The number of likely N-dealkylation sites (tertiary alicyclic amines) is 1. The van der Waals surface area contributed by atoms with Gasteiger partial charge in [-0.25, -0.2) is 0 Å². The van der Waals surface area contributed by atoms with Gasteiger partial charge in [0.1, 0.15) is 0 Å². The molecule has 2 aromatic rings. The molecular weight excluding hydrogens is 434 g/mol. The van der Waals surface area contributed by atoms with Crippen LogP contribution in [0.15, 0.2) is 42.5 Å². The zero-order valence-electron chi connectivity index (χ0n) is 22.3. The molecule has 1 N–H and O–H groups in total. The average molecular weight is 478 g/mol. The smallest absolute Gasteiger partial charge is 0.254 e. The number of carbonyl (C=O) groups is 2. The summed E-state index contributed by atoms with van der Waals surface area (Å²) in [6.45, 7) is 14.7. The SMILES string of the molecule is CC.Cc1ccc(CN2Cc3ccc(C(=O)NCCCN4CCCCC4C(C)C)cc3C2=O)cc1. The van der Waals surface area contributed by atoms with E-state index in [1.165, 1.54) is 31.4 Å². The summed E-state index contributed by atoms with van der Waals surface area (Å²) in [5, 5.41) is 3.05. The highest BCUT2D eigenvalue weighted by Gasteiger charge is 2.28. The predicted molar refractivity (Wildman–Crippen MR) is 144 cm³/mol. The molecule has 2 aliphatic rings. The third-order valence-electron chi connectivity index (χ3n) is 7.09. The summed E-state index contributed by atoms with van der Waals surface area (Å²) in [5.74, 6) is 0.584. The van der Waals surface area contributed by atoms with Gasteiger partial charge in [-0.2, -0.15) is 0 Å². The lowest BCUT2D eigenvalue weighted by Crippen LogP contribution is -2.43. The normalized spacial score (nSPS) is 17.7. The summed E-state index contributed by atoms with van der Waals surface area (Å²) in [7, 11) is 0. The molecule has 0 aliphatic carbocycles. The number of carbonyl (C=O) groups excluding carboxylic acids is 2. The van der Waals surface area contributed by atoms with Gasteiger partial charge in [-0.1, -0.05) is 70.0 Å². The summed E-state index contributed by atoms with van der Waals surface area (Å²) in [5.41, 5.74) is 4.54. The standard InChI is InChI=1S/C28H37N3O2.C2H6/c1-20(2)26-7-4-5-15-30(26)16-6-14-29-27(32)23-12-13-24-19-31(28(33)25(24)17-23)18-22-10-8-21(3)9-11-22;1-2/h8-13,17,20,26H,4-7,14-16,18-19H2,1-3H3,(H,29,32);1-2H3. The van der Waals surface area contributed by atoms with E-state index in [0.29, 0.717) is 42.7 Å². The minimum atomic E-state index is -0.0957. The number of hydrogen-bond donors (Lipinski definition) is 1. The number of benzene rings is 2. The van der Waals surface area contributed by atoms with Gasteiger partial charge in [-0.3, -0.25) is 9.59 Å². The molecule has 1 saturated heterocycles. The molecule has 4 rings (SSSR count). The average Bonchev–Trinajstić information content (AvgIpc) is 3.18. The Hall–Kier alpha value is -2.66. The summed E-state index contributed by atoms with van der Waals surface area (Å²) < 4.78 is 0. The van der Waals surface area contributed by atoms with Crippen LogP contribution in [-0.4, -0.2) is 47.3 Å². The Labute approximate surface area is 211 Å². The molecule has 35 heavy (non-hydrogen) atoms. The third kappa shape index (κ3) is 6.94. The third-order valence-corrected chi connectivity index (χ3v) is 7.09. The molecular formula is C30H43N3O2. The quantitative estimate of drug-likeness (QED) is 0.488. The molecule has 0 aromatic heterocycles. The van der Waals surface area contributed by atoms with Gasteiger partial charge in [0.05, 0.1) is 0 Å². The molecule has 0 bridgehead atoms. The number of rotatable bonds is 8. The minimum Gasteiger partial charge on any atom is -0.352 e. The molecule has 1 fully saturated rings. The van der Waals surface area contributed by atoms with Gasteiger partial charge < -0.3 is 15.1 Å². The Morgan fingerprint density at radius 2 is 1.83 bits per heavy atom. The van der Waals surface area contributed by atoms with E-state index in [4.69, 9.17) is 0 Å². The van der Waals surface area contributed by atoms with Crippen molar-refractivity contribution in [3.05, 3.63) is 70.3 Å². The largest absolute Gasteiger partial charge is 0.352 e. The molecule has 0 radical (unpaired) electrons. The zero-order valence-corrected chi connectivity index (χ0v) is 22.3. The Kier molecular flexibility index (Phi) is 9.91. The van der Waals surface area contributed by atoms with Gasteiger partial charge in [0.15, 0.2) is 0 Å². The topological polar surface area (TPSA) is 52.7 Å². The van der Waals surface area contributed by atoms with E-state index in [1.54, 1.807) is 6.07 Å². The summed E-state index contributed by atoms with van der Waals surface area (Å²) >= 11 is 0. The van der Waals surface area contributed by atoms with Gasteiger partial charge in [-0.15, -0.1) is 0 Å². The minimum absolute atomic E-state index is 0.00468. The van der Waals surface area contributed by atoms with Crippen LogP contribution in [-0.2, 0) is 13.1 Å². The lowest BCUT2D eigenvalue weighted by atomic mass is 9.92. The molecule has 5 heteroatoms. The Balaban J connectivity index is 0.00000167. The number of nitrogens with zero attached hydrogens (tertiary/aromatic N) is 2. The fraction of sp³-hybridized carbons (Fsp3) is 0.533. The summed E-state index contributed by atoms with van der Waals surface area (Å²) in [6.07, 6.45) is 4.84. The van der Waals surface area contributed by atoms with Crippen molar-refractivity contribution >= 4 is 11.8 Å². The lowest BCUT2D eigenvalue weighted by Gasteiger charge is -2.38. The maximum Gasteiger partial charge on any atom is 0.254 e. The molecule has 5 nitrogen and oxygen atoms in total. The maximum absolute atomic E-state index is 13.0. The molecule has 2 amide bonds.